The van der Waals surface area contributed by atoms with Crippen molar-refractivity contribution in [3.05, 3.63) is 29.8 Å². The van der Waals surface area contributed by atoms with E-state index in [1.807, 2.05) is 6.92 Å². The maximum atomic E-state index is 12.0. The number of aryl methyl sites for hydroxylation is 1. The molecule has 9 nitrogen and oxygen atoms in total. The second-order valence-corrected chi connectivity index (χ2v) is 9.18. The molecule has 0 spiro atoms. The molecule has 0 aliphatic rings. The molecule has 0 unspecified atom stereocenters. The van der Waals surface area contributed by atoms with E-state index in [-0.39, 0.29) is 31.3 Å². The van der Waals surface area contributed by atoms with Crippen LogP contribution in [0.3, 0.4) is 0 Å². The third-order valence-electron chi connectivity index (χ3n) is 3.53. The van der Waals surface area contributed by atoms with Crippen molar-refractivity contribution in [2.45, 2.75) is 38.2 Å². The first-order valence-corrected chi connectivity index (χ1v) is 11.5. The molecule has 178 valence electrons. The monoisotopic (exact) mass is 462 g/mol. The van der Waals surface area contributed by atoms with Gasteiger partial charge in [0.1, 0.15) is 12.2 Å². The van der Waals surface area contributed by atoms with Crippen LogP contribution in [0.5, 0.6) is 0 Å². The van der Waals surface area contributed by atoms with Crippen molar-refractivity contribution in [2.24, 2.45) is 0 Å². The Kier molecular flexibility index (Phi) is 12.8. The van der Waals surface area contributed by atoms with Gasteiger partial charge >= 0.3 is 5.97 Å². The highest BCUT2D eigenvalue weighted by atomic mass is 32.2. The van der Waals surface area contributed by atoms with Crippen LogP contribution in [0.4, 0.5) is 0 Å². The molecule has 0 heterocycles. The Morgan fingerprint density at radius 3 is 1.71 bits per heavy atom. The standard InChI is InChI=1S/C21H34O9S/c1-18-5-7-19(8-6-18)31(23,24)29-16-15-27-12-11-25-9-10-26-13-14-28-17-20(22)30-21(2,3)4/h5-8H,9-17H2,1-4H3. The summed E-state index contributed by atoms with van der Waals surface area (Å²) in [6.07, 6.45) is 0. The lowest BCUT2D eigenvalue weighted by Crippen LogP contribution is -2.27. The Bertz CT molecular complexity index is 724. The van der Waals surface area contributed by atoms with Gasteiger partial charge < -0.3 is 23.7 Å². The first-order valence-electron chi connectivity index (χ1n) is 10.1. The van der Waals surface area contributed by atoms with Crippen molar-refractivity contribution in [3.8, 4) is 0 Å². The quantitative estimate of drug-likeness (QED) is 0.207. The maximum Gasteiger partial charge on any atom is 0.332 e. The van der Waals surface area contributed by atoms with E-state index in [1.165, 1.54) is 12.1 Å². The minimum absolute atomic E-state index is 0.0668. The van der Waals surface area contributed by atoms with Gasteiger partial charge in [-0.1, -0.05) is 17.7 Å². The van der Waals surface area contributed by atoms with E-state index < -0.39 is 21.7 Å². The lowest BCUT2D eigenvalue weighted by molar-refractivity contribution is -0.160. The van der Waals surface area contributed by atoms with Crippen LogP contribution in [-0.4, -0.2) is 79.5 Å². The van der Waals surface area contributed by atoms with Crippen molar-refractivity contribution >= 4 is 16.1 Å². The fourth-order valence-electron chi connectivity index (χ4n) is 2.16. The average molecular weight is 463 g/mol. The minimum atomic E-state index is -3.77. The van der Waals surface area contributed by atoms with E-state index in [1.54, 1.807) is 32.9 Å². The van der Waals surface area contributed by atoms with Crippen LogP contribution in [0.1, 0.15) is 26.3 Å². The van der Waals surface area contributed by atoms with Crippen LogP contribution < -0.4 is 0 Å². The molecule has 0 aromatic heterocycles. The Hall–Kier alpha value is -1.56. The molecule has 0 radical (unpaired) electrons. The van der Waals surface area contributed by atoms with Crippen molar-refractivity contribution in [3.63, 3.8) is 0 Å². The zero-order valence-corrected chi connectivity index (χ0v) is 19.6. The number of rotatable bonds is 16. The summed E-state index contributed by atoms with van der Waals surface area (Å²) in [4.78, 5) is 11.5. The molecule has 1 aromatic rings. The number of benzene rings is 1. The maximum absolute atomic E-state index is 12.0. The van der Waals surface area contributed by atoms with E-state index in [9.17, 15) is 13.2 Å². The summed E-state index contributed by atoms with van der Waals surface area (Å²) in [6.45, 7) is 9.29. The van der Waals surface area contributed by atoms with Crippen LogP contribution >= 0.6 is 0 Å². The van der Waals surface area contributed by atoms with Crippen LogP contribution in [0.2, 0.25) is 0 Å². The largest absolute Gasteiger partial charge is 0.458 e. The molecule has 1 rings (SSSR count). The molecule has 10 heteroatoms. The molecule has 0 N–H and O–H groups in total. The topological polar surface area (TPSA) is 107 Å². The summed E-state index contributed by atoms with van der Waals surface area (Å²) in [5.41, 5.74) is 0.448. The summed E-state index contributed by atoms with van der Waals surface area (Å²) in [7, 11) is -3.77. The summed E-state index contributed by atoms with van der Waals surface area (Å²) in [5.74, 6) is -0.408. The summed E-state index contributed by atoms with van der Waals surface area (Å²) >= 11 is 0. The normalized spacial score (nSPS) is 12.1. The van der Waals surface area contributed by atoms with Crippen molar-refractivity contribution < 1.29 is 41.1 Å². The van der Waals surface area contributed by atoms with Crippen LogP contribution in [0.15, 0.2) is 29.2 Å². The fourth-order valence-corrected chi connectivity index (χ4v) is 3.05. The lowest BCUT2D eigenvalue weighted by atomic mass is 10.2. The number of carbonyl (C=O) groups is 1. The smallest absolute Gasteiger partial charge is 0.332 e. The van der Waals surface area contributed by atoms with Gasteiger partial charge in [0, 0.05) is 0 Å². The van der Waals surface area contributed by atoms with Crippen molar-refractivity contribution in [1.29, 1.82) is 0 Å². The third-order valence-corrected chi connectivity index (χ3v) is 4.86. The van der Waals surface area contributed by atoms with Gasteiger partial charge in [0.05, 0.1) is 57.8 Å². The number of ether oxygens (including phenoxy) is 5. The molecule has 0 aliphatic heterocycles. The van der Waals surface area contributed by atoms with Crippen LogP contribution in [0.25, 0.3) is 0 Å². The van der Waals surface area contributed by atoms with E-state index in [2.05, 4.69) is 0 Å². The zero-order valence-electron chi connectivity index (χ0n) is 18.8. The molecule has 1 aromatic carbocycles. The summed E-state index contributed by atoms with van der Waals surface area (Å²) < 4.78 is 55.1. The Balaban J connectivity index is 1.90. The number of esters is 1. The SMILES string of the molecule is Cc1ccc(S(=O)(=O)OCCOCCOCCOCCOCC(=O)OC(C)(C)C)cc1. The molecule has 0 aliphatic carbocycles. The first kappa shape index (κ1) is 27.5. The Morgan fingerprint density at radius 1 is 0.774 bits per heavy atom. The summed E-state index contributed by atoms with van der Waals surface area (Å²) in [6, 6.07) is 6.44. The van der Waals surface area contributed by atoms with Gasteiger partial charge in [-0.2, -0.15) is 8.42 Å². The van der Waals surface area contributed by atoms with E-state index >= 15 is 0 Å². The van der Waals surface area contributed by atoms with Crippen LogP contribution in [0, 0.1) is 6.92 Å². The molecule has 0 fully saturated rings. The molecule has 0 amide bonds. The van der Waals surface area contributed by atoms with Gasteiger partial charge in [0.15, 0.2) is 0 Å². The van der Waals surface area contributed by atoms with E-state index in [0.29, 0.717) is 33.0 Å². The molecule has 0 saturated heterocycles. The van der Waals surface area contributed by atoms with Crippen molar-refractivity contribution in [2.75, 3.05) is 59.5 Å². The van der Waals surface area contributed by atoms with Gasteiger partial charge in [-0.15, -0.1) is 0 Å². The zero-order chi connectivity index (χ0) is 23.2. The molecular weight excluding hydrogens is 428 g/mol. The number of carbonyl (C=O) groups excluding carboxylic acids is 1. The highest BCUT2D eigenvalue weighted by Gasteiger charge is 2.16. The molecule has 31 heavy (non-hydrogen) atoms. The Morgan fingerprint density at radius 2 is 1.23 bits per heavy atom. The lowest BCUT2D eigenvalue weighted by Gasteiger charge is -2.19. The fraction of sp³-hybridized carbons (Fsp3) is 0.667. The van der Waals surface area contributed by atoms with Crippen molar-refractivity contribution in [1.82, 2.24) is 0 Å². The van der Waals surface area contributed by atoms with Gasteiger partial charge in [-0.25, -0.2) is 4.79 Å². The van der Waals surface area contributed by atoms with Gasteiger partial charge in [-0.3, -0.25) is 4.18 Å². The molecular formula is C21H34O9S. The van der Waals surface area contributed by atoms with E-state index in [4.69, 9.17) is 27.9 Å². The van der Waals surface area contributed by atoms with Gasteiger partial charge in [0.25, 0.3) is 10.1 Å². The minimum Gasteiger partial charge on any atom is -0.458 e. The van der Waals surface area contributed by atoms with E-state index in [0.717, 1.165) is 5.56 Å². The first-order chi connectivity index (χ1) is 14.6. The predicted molar refractivity (Wildman–Crippen MR) is 113 cm³/mol. The molecule has 0 saturated carbocycles. The average Bonchev–Trinajstić information content (AvgIpc) is 2.67. The van der Waals surface area contributed by atoms with Crippen LogP contribution in [-0.2, 0) is 42.8 Å². The second kappa shape index (κ2) is 14.5. The molecule has 0 bridgehead atoms. The number of hydrogen-bond acceptors (Lipinski definition) is 9. The predicted octanol–water partition coefficient (Wildman–Crippen LogP) is 2.11. The molecule has 0 atom stereocenters. The second-order valence-electron chi connectivity index (χ2n) is 7.57. The highest BCUT2D eigenvalue weighted by molar-refractivity contribution is 7.86. The Labute approximate surface area is 185 Å². The van der Waals surface area contributed by atoms with Gasteiger partial charge in [0.2, 0.25) is 0 Å². The number of hydrogen-bond donors (Lipinski definition) is 0. The highest BCUT2D eigenvalue weighted by Crippen LogP contribution is 2.12. The van der Waals surface area contributed by atoms with Gasteiger partial charge in [-0.05, 0) is 39.8 Å². The summed E-state index contributed by atoms with van der Waals surface area (Å²) in [5, 5.41) is 0. The third kappa shape index (κ3) is 14.2.